The number of hydrogen-bond donors (Lipinski definition) is 1. The van der Waals surface area contributed by atoms with Gasteiger partial charge in [0.15, 0.2) is 0 Å². The number of aliphatic hydroxyl groups excluding tert-OH is 1. The second kappa shape index (κ2) is 4.96. The Kier molecular flexibility index (Phi) is 3.89. The van der Waals surface area contributed by atoms with Gasteiger partial charge in [-0.2, -0.15) is 0 Å². The van der Waals surface area contributed by atoms with Crippen LogP contribution >= 0.6 is 0 Å². The zero-order chi connectivity index (χ0) is 10.6. The van der Waals surface area contributed by atoms with Gasteiger partial charge in [0.2, 0.25) is 0 Å². The first-order valence-electron chi connectivity index (χ1n) is 4.75. The highest BCUT2D eigenvalue weighted by Crippen LogP contribution is 2.25. The molecule has 1 aromatic rings. The van der Waals surface area contributed by atoms with Gasteiger partial charge in [0.25, 0.3) is 0 Å². The molecule has 14 heavy (non-hydrogen) atoms. The van der Waals surface area contributed by atoms with Crippen molar-refractivity contribution in [3.63, 3.8) is 0 Å². The van der Waals surface area contributed by atoms with Crippen LogP contribution in [0.15, 0.2) is 18.2 Å². The normalized spacial score (nSPS) is 12.6. The summed E-state index contributed by atoms with van der Waals surface area (Å²) in [6.07, 6.45) is 0.175. The van der Waals surface area contributed by atoms with E-state index in [-0.39, 0.29) is 5.82 Å². The smallest absolute Gasteiger partial charge is 0.125 e. The van der Waals surface area contributed by atoms with Gasteiger partial charge in [0, 0.05) is 5.56 Å². The minimum Gasteiger partial charge on any atom is -0.493 e. The third-order valence-corrected chi connectivity index (χ3v) is 1.88. The molecule has 0 aliphatic heterocycles. The first kappa shape index (κ1) is 11.0. The maximum Gasteiger partial charge on any atom is 0.125 e. The van der Waals surface area contributed by atoms with Gasteiger partial charge in [0.05, 0.1) is 12.7 Å². The highest BCUT2D eigenvalue weighted by Gasteiger charge is 2.09. The second-order valence-electron chi connectivity index (χ2n) is 3.21. The lowest BCUT2D eigenvalue weighted by atomic mass is 10.1. The minimum atomic E-state index is -0.711. The van der Waals surface area contributed by atoms with Crippen LogP contribution in [0, 0.1) is 5.82 Å². The SMILES string of the molecule is CCCOc1ccc(F)cc1[C@H](C)O. The fraction of sp³-hybridized carbons (Fsp3) is 0.455. The van der Waals surface area contributed by atoms with E-state index in [9.17, 15) is 9.50 Å². The Morgan fingerprint density at radius 1 is 1.50 bits per heavy atom. The fourth-order valence-electron chi connectivity index (χ4n) is 1.19. The molecule has 0 fully saturated rings. The molecule has 0 aliphatic carbocycles. The summed E-state index contributed by atoms with van der Waals surface area (Å²) in [7, 11) is 0. The van der Waals surface area contributed by atoms with Crippen LogP contribution in [-0.2, 0) is 0 Å². The van der Waals surface area contributed by atoms with E-state index in [1.54, 1.807) is 13.0 Å². The van der Waals surface area contributed by atoms with Gasteiger partial charge >= 0.3 is 0 Å². The van der Waals surface area contributed by atoms with E-state index in [1.165, 1.54) is 12.1 Å². The summed E-state index contributed by atoms with van der Waals surface area (Å²) in [6, 6.07) is 4.18. The molecule has 2 nitrogen and oxygen atoms in total. The van der Waals surface area contributed by atoms with Crippen molar-refractivity contribution < 1.29 is 14.2 Å². The molecule has 0 saturated heterocycles. The van der Waals surface area contributed by atoms with Crippen LogP contribution < -0.4 is 4.74 Å². The van der Waals surface area contributed by atoms with E-state index in [0.717, 1.165) is 6.42 Å². The van der Waals surface area contributed by atoms with Crippen LogP contribution in [0.2, 0.25) is 0 Å². The molecule has 1 rings (SSSR count). The third kappa shape index (κ3) is 2.70. The lowest BCUT2D eigenvalue weighted by Crippen LogP contribution is -2.01. The summed E-state index contributed by atoms with van der Waals surface area (Å²) in [5, 5.41) is 9.38. The highest BCUT2D eigenvalue weighted by molar-refractivity contribution is 5.35. The van der Waals surface area contributed by atoms with Crippen LogP contribution in [-0.4, -0.2) is 11.7 Å². The molecular weight excluding hydrogens is 183 g/mol. The first-order valence-corrected chi connectivity index (χ1v) is 4.75. The van der Waals surface area contributed by atoms with Crippen LogP contribution in [0.3, 0.4) is 0 Å². The van der Waals surface area contributed by atoms with E-state index in [1.807, 2.05) is 6.92 Å². The molecule has 1 atom stereocenters. The monoisotopic (exact) mass is 198 g/mol. The predicted molar refractivity (Wildman–Crippen MR) is 52.8 cm³/mol. The number of ether oxygens (including phenoxy) is 1. The van der Waals surface area contributed by atoms with Gasteiger partial charge in [-0.1, -0.05) is 6.92 Å². The molecule has 0 heterocycles. The molecule has 1 N–H and O–H groups in total. The van der Waals surface area contributed by atoms with E-state index in [4.69, 9.17) is 4.74 Å². The molecule has 0 aliphatic rings. The molecule has 0 saturated carbocycles. The lowest BCUT2D eigenvalue weighted by molar-refractivity contribution is 0.190. The standard InChI is InChI=1S/C11H15FO2/c1-3-6-14-11-5-4-9(12)7-10(11)8(2)13/h4-5,7-8,13H,3,6H2,1-2H3/t8-/m0/s1. The number of aliphatic hydroxyl groups is 1. The summed E-state index contributed by atoms with van der Waals surface area (Å²) < 4.78 is 18.2. The summed E-state index contributed by atoms with van der Waals surface area (Å²) in [6.45, 7) is 4.16. The van der Waals surface area contributed by atoms with E-state index in [2.05, 4.69) is 0 Å². The Hall–Kier alpha value is -1.09. The van der Waals surface area contributed by atoms with Gasteiger partial charge in [-0.15, -0.1) is 0 Å². The van der Waals surface area contributed by atoms with Gasteiger partial charge in [0.1, 0.15) is 11.6 Å². The van der Waals surface area contributed by atoms with Crippen molar-refractivity contribution in [2.75, 3.05) is 6.61 Å². The zero-order valence-electron chi connectivity index (χ0n) is 8.46. The average molecular weight is 198 g/mol. The summed E-state index contributed by atoms with van der Waals surface area (Å²) >= 11 is 0. The van der Waals surface area contributed by atoms with Crippen molar-refractivity contribution in [1.82, 2.24) is 0 Å². The van der Waals surface area contributed by atoms with E-state index >= 15 is 0 Å². The third-order valence-electron chi connectivity index (χ3n) is 1.88. The molecule has 1 aromatic carbocycles. The van der Waals surface area contributed by atoms with Crippen LogP contribution in [0.25, 0.3) is 0 Å². The van der Waals surface area contributed by atoms with Crippen LogP contribution in [0.4, 0.5) is 4.39 Å². The molecule has 0 amide bonds. The zero-order valence-corrected chi connectivity index (χ0v) is 8.46. The van der Waals surface area contributed by atoms with Crippen molar-refractivity contribution in [3.8, 4) is 5.75 Å². The van der Waals surface area contributed by atoms with Crippen molar-refractivity contribution in [1.29, 1.82) is 0 Å². The van der Waals surface area contributed by atoms with Gasteiger partial charge in [-0.05, 0) is 31.5 Å². The maximum atomic E-state index is 12.9. The van der Waals surface area contributed by atoms with Gasteiger partial charge in [-0.3, -0.25) is 0 Å². The van der Waals surface area contributed by atoms with Crippen LogP contribution in [0.5, 0.6) is 5.75 Å². The topological polar surface area (TPSA) is 29.5 Å². The van der Waals surface area contributed by atoms with Crippen molar-refractivity contribution in [2.24, 2.45) is 0 Å². The number of halogens is 1. The van der Waals surface area contributed by atoms with Crippen LogP contribution in [0.1, 0.15) is 31.9 Å². The first-order chi connectivity index (χ1) is 6.65. The summed E-state index contributed by atoms with van der Waals surface area (Å²) in [4.78, 5) is 0. The quantitative estimate of drug-likeness (QED) is 0.806. The summed E-state index contributed by atoms with van der Waals surface area (Å²) in [5.41, 5.74) is 0.499. The molecule has 78 valence electrons. The van der Waals surface area contributed by atoms with E-state index in [0.29, 0.717) is 17.9 Å². The highest BCUT2D eigenvalue weighted by atomic mass is 19.1. The van der Waals surface area contributed by atoms with E-state index < -0.39 is 6.10 Å². The second-order valence-corrected chi connectivity index (χ2v) is 3.21. The molecule has 3 heteroatoms. The largest absolute Gasteiger partial charge is 0.493 e. The van der Waals surface area contributed by atoms with Gasteiger partial charge < -0.3 is 9.84 Å². The molecule has 0 unspecified atom stereocenters. The van der Waals surface area contributed by atoms with Crippen molar-refractivity contribution in [3.05, 3.63) is 29.6 Å². The Balaban J connectivity index is 2.90. The van der Waals surface area contributed by atoms with Gasteiger partial charge in [-0.25, -0.2) is 4.39 Å². The molecule has 0 spiro atoms. The fourth-order valence-corrected chi connectivity index (χ4v) is 1.19. The Labute approximate surface area is 83.3 Å². The predicted octanol–water partition coefficient (Wildman–Crippen LogP) is 2.67. The molecule has 0 radical (unpaired) electrons. The molecule has 0 bridgehead atoms. The minimum absolute atomic E-state index is 0.357. The van der Waals surface area contributed by atoms with Crippen molar-refractivity contribution >= 4 is 0 Å². The molecular formula is C11H15FO2. The number of rotatable bonds is 4. The Morgan fingerprint density at radius 3 is 2.79 bits per heavy atom. The number of hydrogen-bond acceptors (Lipinski definition) is 2. The maximum absolute atomic E-state index is 12.9. The average Bonchev–Trinajstić information content (AvgIpc) is 2.15. The molecule has 0 aromatic heterocycles. The summed E-state index contributed by atoms with van der Waals surface area (Å²) in [5.74, 6) is 0.202. The van der Waals surface area contributed by atoms with Crippen molar-refractivity contribution in [2.45, 2.75) is 26.4 Å². The Morgan fingerprint density at radius 2 is 2.21 bits per heavy atom. The number of benzene rings is 1. The Bertz CT molecular complexity index is 297. The lowest BCUT2D eigenvalue weighted by Gasteiger charge is -2.12.